The molecular weight excluding hydrogens is 302 g/mol. The van der Waals surface area contributed by atoms with Gasteiger partial charge in [-0.15, -0.1) is 0 Å². The molecule has 8 nitrogen and oxygen atoms in total. The quantitative estimate of drug-likeness (QED) is 0.488. The van der Waals surface area contributed by atoms with E-state index in [0.29, 0.717) is 6.42 Å². The lowest BCUT2D eigenvalue weighted by Gasteiger charge is -2.21. The van der Waals surface area contributed by atoms with Crippen LogP contribution in [0.2, 0.25) is 0 Å². The normalized spacial score (nSPS) is 32.3. The number of fused-ring (bicyclic) bond motifs is 1. The van der Waals surface area contributed by atoms with Crippen LogP contribution in [0.25, 0.3) is 10.4 Å². The van der Waals surface area contributed by atoms with Crippen molar-refractivity contribution in [3.05, 3.63) is 46.3 Å². The Morgan fingerprint density at radius 3 is 2.87 bits per heavy atom. The van der Waals surface area contributed by atoms with Gasteiger partial charge in [0.25, 0.3) is 0 Å². The van der Waals surface area contributed by atoms with Gasteiger partial charge in [0.15, 0.2) is 6.10 Å². The summed E-state index contributed by atoms with van der Waals surface area (Å²) in [5.41, 5.74) is 9.32. The molecular formula is C15H17N3O5. The van der Waals surface area contributed by atoms with Crippen LogP contribution in [-0.2, 0) is 25.6 Å². The molecule has 0 bridgehead atoms. The Morgan fingerprint density at radius 2 is 2.17 bits per heavy atom. The zero-order valence-electron chi connectivity index (χ0n) is 12.3. The molecule has 0 aliphatic carbocycles. The second-order valence-corrected chi connectivity index (χ2v) is 5.57. The second kappa shape index (κ2) is 6.97. The minimum absolute atomic E-state index is 0.204. The standard InChI is InChI=1S/C15H17N3O5/c16-18-17-7-10-6-11-12(22-10)13(14(23-11)15(19)20)21-8-9-4-2-1-3-5-9/h1-5,10-14H,6-8H2,(H,19,20)/t10-,11-,12+,13-,14-/m0/s1. The van der Waals surface area contributed by atoms with Crippen molar-refractivity contribution in [2.24, 2.45) is 5.11 Å². The van der Waals surface area contributed by atoms with Crippen LogP contribution in [-0.4, -0.2) is 48.1 Å². The highest BCUT2D eigenvalue weighted by molar-refractivity contribution is 5.73. The van der Waals surface area contributed by atoms with Gasteiger partial charge in [-0.1, -0.05) is 35.4 Å². The minimum atomic E-state index is -1.06. The van der Waals surface area contributed by atoms with E-state index >= 15 is 0 Å². The highest BCUT2D eigenvalue weighted by Crippen LogP contribution is 2.36. The zero-order chi connectivity index (χ0) is 16.2. The molecule has 23 heavy (non-hydrogen) atoms. The maximum Gasteiger partial charge on any atom is 0.335 e. The lowest BCUT2D eigenvalue weighted by atomic mass is 10.1. The summed E-state index contributed by atoms with van der Waals surface area (Å²) in [6.07, 6.45) is -2.31. The average Bonchev–Trinajstić information content (AvgIpc) is 3.09. The maximum absolute atomic E-state index is 11.4. The van der Waals surface area contributed by atoms with Gasteiger partial charge in [0, 0.05) is 11.3 Å². The largest absolute Gasteiger partial charge is 0.479 e. The van der Waals surface area contributed by atoms with Crippen LogP contribution in [0, 0.1) is 0 Å². The van der Waals surface area contributed by atoms with Crippen LogP contribution < -0.4 is 0 Å². The molecule has 1 aromatic carbocycles. The third kappa shape index (κ3) is 3.46. The first-order chi connectivity index (χ1) is 11.2. The SMILES string of the molecule is [N-]=[N+]=NC[C@@H]1C[C@@H]2O[C@H](C(=O)O)[C@@H](OCc3ccccc3)[C@@H]2O1. The third-order valence-corrected chi connectivity index (χ3v) is 4.03. The third-order valence-electron chi connectivity index (χ3n) is 4.03. The monoisotopic (exact) mass is 319 g/mol. The Labute approximate surface area is 132 Å². The molecule has 2 heterocycles. The van der Waals surface area contributed by atoms with Crippen molar-refractivity contribution in [2.45, 2.75) is 43.5 Å². The molecule has 2 saturated heterocycles. The van der Waals surface area contributed by atoms with Gasteiger partial charge in [0.05, 0.1) is 25.4 Å². The summed E-state index contributed by atoms with van der Waals surface area (Å²) >= 11 is 0. The smallest absolute Gasteiger partial charge is 0.335 e. The average molecular weight is 319 g/mol. The molecule has 1 N–H and O–H groups in total. The summed E-state index contributed by atoms with van der Waals surface area (Å²) in [6.45, 7) is 0.488. The number of carboxylic acid groups (broad SMARTS) is 1. The number of hydrogen-bond acceptors (Lipinski definition) is 5. The summed E-state index contributed by atoms with van der Waals surface area (Å²) in [5.74, 6) is -1.06. The predicted octanol–water partition coefficient (Wildman–Crippen LogP) is 1.89. The van der Waals surface area contributed by atoms with E-state index in [-0.39, 0.29) is 25.4 Å². The summed E-state index contributed by atoms with van der Waals surface area (Å²) < 4.78 is 17.2. The number of rotatable bonds is 6. The Kier molecular flexibility index (Phi) is 4.78. The molecule has 0 amide bonds. The summed E-state index contributed by atoms with van der Waals surface area (Å²) in [5, 5.41) is 12.8. The number of hydrogen-bond donors (Lipinski definition) is 1. The fourth-order valence-corrected chi connectivity index (χ4v) is 3.01. The van der Waals surface area contributed by atoms with Crippen molar-refractivity contribution in [1.82, 2.24) is 0 Å². The van der Waals surface area contributed by atoms with Crippen molar-refractivity contribution in [3.8, 4) is 0 Å². The molecule has 5 atom stereocenters. The Bertz CT molecular complexity index is 604. The van der Waals surface area contributed by atoms with Gasteiger partial charge >= 0.3 is 5.97 Å². The first kappa shape index (κ1) is 15.8. The molecule has 1 aromatic rings. The number of azide groups is 1. The van der Waals surface area contributed by atoms with Crippen molar-refractivity contribution in [2.75, 3.05) is 6.54 Å². The van der Waals surface area contributed by atoms with E-state index in [4.69, 9.17) is 19.7 Å². The minimum Gasteiger partial charge on any atom is -0.479 e. The molecule has 8 heteroatoms. The first-order valence-corrected chi connectivity index (χ1v) is 7.39. The van der Waals surface area contributed by atoms with E-state index in [1.165, 1.54) is 0 Å². The number of aliphatic carboxylic acids is 1. The van der Waals surface area contributed by atoms with Crippen molar-refractivity contribution >= 4 is 5.97 Å². The van der Waals surface area contributed by atoms with Crippen LogP contribution in [0.5, 0.6) is 0 Å². The number of carboxylic acids is 1. The van der Waals surface area contributed by atoms with E-state index in [2.05, 4.69) is 10.0 Å². The second-order valence-electron chi connectivity index (χ2n) is 5.57. The molecule has 0 radical (unpaired) electrons. The molecule has 2 aliphatic heterocycles. The fraction of sp³-hybridized carbons (Fsp3) is 0.533. The van der Waals surface area contributed by atoms with Crippen molar-refractivity contribution < 1.29 is 24.1 Å². The number of ether oxygens (including phenoxy) is 3. The van der Waals surface area contributed by atoms with Gasteiger partial charge in [-0.2, -0.15) is 0 Å². The van der Waals surface area contributed by atoms with E-state index in [9.17, 15) is 9.90 Å². The predicted molar refractivity (Wildman–Crippen MR) is 78.6 cm³/mol. The van der Waals surface area contributed by atoms with Gasteiger partial charge in [-0.05, 0) is 11.1 Å². The van der Waals surface area contributed by atoms with Gasteiger partial charge in [-0.25, -0.2) is 4.79 Å². The van der Waals surface area contributed by atoms with Gasteiger partial charge < -0.3 is 19.3 Å². The fourth-order valence-electron chi connectivity index (χ4n) is 3.01. The van der Waals surface area contributed by atoms with Crippen LogP contribution in [0.4, 0.5) is 0 Å². The maximum atomic E-state index is 11.4. The number of nitrogens with zero attached hydrogens (tertiary/aromatic N) is 3. The van der Waals surface area contributed by atoms with E-state index in [1.807, 2.05) is 30.3 Å². The highest BCUT2D eigenvalue weighted by Gasteiger charge is 2.54. The lowest BCUT2D eigenvalue weighted by Crippen LogP contribution is -2.39. The molecule has 0 saturated carbocycles. The summed E-state index contributed by atoms with van der Waals surface area (Å²) in [4.78, 5) is 14.1. The lowest BCUT2D eigenvalue weighted by molar-refractivity contribution is -0.158. The van der Waals surface area contributed by atoms with E-state index < -0.39 is 24.3 Å². The van der Waals surface area contributed by atoms with E-state index in [0.717, 1.165) is 5.56 Å². The van der Waals surface area contributed by atoms with E-state index in [1.54, 1.807) is 0 Å². The molecule has 0 aromatic heterocycles. The Hall–Kier alpha value is -2.12. The van der Waals surface area contributed by atoms with Crippen molar-refractivity contribution in [3.63, 3.8) is 0 Å². The van der Waals surface area contributed by atoms with Crippen LogP contribution >= 0.6 is 0 Å². The van der Waals surface area contributed by atoms with Crippen LogP contribution in [0.1, 0.15) is 12.0 Å². The van der Waals surface area contributed by atoms with Gasteiger partial charge in [0.2, 0.25) is 0 Å². The van der Waals surface area contributed by atoms with Crippen LogP contribution in [0.15, 0.2) is 35.4 Å². The number of carbonyl (C=O) groups is 1. The Morgan fingerprint density at radius 1 is 1.39 bits per heavy atom. The number of benzene rings is 1. The Balaban J connectivity index is 1.67. The van der Waals surface area contributed by atoms with Crippen LogP contribution in [0.3, 0.4) is 0 Å². The molecule has 122 valence electrons. The molecule has 0 spiro atoms. The topological polar surface area (TPSA) is 114 Å². The molecule has 2 fully saturated rings. The summed E-state index contributed by atoms with van der Waals surface area (Å²) in [7, 11) is 0. The van der Waals surface area contributed by atoms with Gasteiger partial charge in [-0.3, -0.25) is 0 Å². The van der Waals surface area contributed by atoms with Gasteiger partial charge in [0.1, 0.15) is 12.2 Å². The highest BCUT2D eigenvalue weighted by atomic mass is 16.6. The first-order valence-electron chi connectivity index (χ1n) is 7.39. The molecule has 0 unspecified atom stereocenters. The molecule has 3 rings (SSSR count). The molecule has 2 aliphatic rings. The zero-order valence-corrected chi connectivity index (χ0v) is 12.3. The summed E-state index contributed by atoms with van der Waals surface area (Å²) in [6, 6.07) is 9.50. The van der Waals surface area contributed by atoms with Crippen molar-refractivity contribution in [1.29, 1.82) is 0 Å².